The number of benzene rings is 5. The molecule has 1 saturated heterocycles. The van der Waals surface area contributed by atoms with Crippen molar-refractivity contribution in [3.8, 4) is 5.75 Å². The Bertz CT molecular complexity index is 1640. The van der Waals surface area contributed by atoms with Gasteiger partial charge in [-0.05, 0) is 40.8 Å². The highest BCUT2D eigenvalue weighted by Crippen LogP contribution is 2.41. The summed E-state index contributed by atoms with van der Waals surface area (Å²) < 4.78 is 41.4. The third-order valence-corrected chi connectivity index (χ3v) is 8.92. The molecule has 1 aliphatic heterocycles. The first-order chi connectivity index (χ1) is 24.7. The molecule has 0 unspecified atom stereocenters. The van der Waals surface area contributed by atoms with Crippen molar-refractivity contribution in [1.82, 2.24) is 0 Å². The lowest BCUT2D eigenvalue weighted by molar-refractivity contribution is -0.362. The molecule has 1 heterocycles. The summed E-state index contributed by atoms with van der Waals surface area (Å²) in [4.78, 5) is 0. The van der Waals surface area contributed by atoms with E-state index in [2.05, 4.69) is 55.5 Å². The van der Waals surface area contributed by atoms with Gasteiger partial charge in [0.2, 0.25) is 5.79 Å². The number of para-hydroxylation sites is 1. The summed E-state index contributed by atoms with van der Waals surface area (Å²) in [6.07, 6.45) is 0.115. The number of hydrogen-bond acceptors (Lipinski definition) is 6. The molecule has 0 N–H and O–H groups in total. The van der Waals surface area contributed by atoms with Gasteiger partial charge in [0.25, 0.3) is 0 Å². The van der Waals surface area contributed by atoms with Crippen LogP contribution in [0.3, 0.4) is 0 Å². The molecule has 1 aliphatic rings. The molecule has 0 aromatic heterocycles. The fourth-order valence-electron chi connectivity index (χ4n) is 6.37. The van der Waals surface area contributed by atoms with Crippen LogP contribution in [-0.2, 0) is 50.1 Å². The number of hydrogen-bond donors (Lipinski definition) is 0. The first kappa shape index (κ1) is 35.5. The second-order valence-corrected chi connectivity index (χ2v) is 12.7. The van der Waals surface area contributed by atoms with Crippen LogP contribution >= 0.6 is 0 Å². The zero-order valence-corrected chi connectivity index (χ0v) is 28.8. The Balaban J connectivity index is 1.40. The van der Waals surface area contributed by atoms with Crippen LogP contribution in [0.2, 0.25) is 0 Å². The van der Waals surface area contributed by atoms with E-state index < -0.39 is 30.2 Å². The smallest absolute Gasteiger partial charge is 0.240 e. The van der Waals surface area contributed by atoms with Crippen LogP contribution in [0.1, 0.15) is 48.4 Å². The molecule has 6 nitrogen and oxygen atoms in total. The molecule has 0 bridgehead atoms. The van der Waals surface area contributed by atoms with Gasteiger partial charge >= 0.3 is 0 Å². The average molecular weight is 673 g/mol. The van der Waals surface area contributed by atoms with Crippen molar-refractivity contribution in [1.29, 1.82) is 0 Å². The maximum absolute atomic E-state index is 7.23. The molecule has 6 rings (SSSR count). The van der Waals surface area contributed by atoms with Crippen LogP contribution in [-0.4, -0.2) is 36.8 Å². The molecular weight excluding hydrogens is 624 g/mol. The molecule has 0 aliphatic carbocycles. The SMILES string of the molecule is CCCC[C@]1(Oc2ccccc2)O[C@H](COCc2ccccc2)[C@@H](OCc2ccccc2)[C@H](OCc2ccccc2)[C@H]1OCc1ccccc1. The van der Waals surface area contributed by atoms with Gasteiger partial charge in [-0.3, -0.25) is 0 Å². The van der Waals surface area contributed by atoms with Crippen molar-refractivity contribution < 1.29 is 28.4 Å². The topological polar surface area (TPSA) is 55.4 Å². The van der Waals surface area contributed by atoms with Gasteiger partial charge in [-0.15, -0.1) is 0 Å². The highest BCUT2D eigenvalue weighted by molar-refractivity contribution is 5.23. The van der Waals surface area contributed by atoms with Crippen molar-refractivity contribution in [2.45, 2.75) is 82.8 Å². The van der Waals surface area contributed by atoms with E-state index in [9.17, 15) is 0 Å². The van der Waals surface area contributed by atoms with E-state index in [-0.39, 0.29) is 6.61 Å². The second kappa shape index (κ2) is 18.6. The minimum absolute atomic E-state index is 0.275. The Hall–Kier alpha value is -4.30. The predicted octanol–water partition coefficient (Wildman–Crippen LogP) is 9.32. The van der Waals surface area contributed by atoms with E-state index in [1.807, 2.05) is 103 Å². The average Bonchev–Trinajstić information content (AvgIpc) is 3.17. The van der Waals surface area contributed by atoms with Crippen molar-refractivity contribution >= 4 is 0 Å². The normalized spacial score (nSPS) is 21.9. The summed E-state index contributed by atoms with van der Waals surface area (Å²) in [5, 5.41) is 0. The van der Waals surface area contributed by atoms with Crippen molar-refractivity contribution in [3.05, 3.63) is 174 Å². The highest BCUT2D eigenvalue weighted by Gasteiger charge is 2.58. The molecule has 50 heavy (non-hydrogen) atoms. The zero-order chi connectivity index (χ0) is 34.3. The Labute approximate surface area is 296 Å². The minimum Gasteiger partial charge on any atom is -0.459 e. The van der Waals surface area contributed by atoms with Crippen LogP contribution in [0.4, 0.5) is 0 Å². The fourth-order valence-corrected chi connectivity index (χ4v) is 6.37. The van der Waals surface area contributed by atoms with E-state index in [1.165, 1.54) is 0 Å². The van der Waals surface area contributed by atoms with Gasteiger partial charge in [-0.2, -0.15) is 0 Å². The first-order valence-electron chi connectivity index (χ1n) is 17.7. The molecule has 1 fully saturated rings. The summed E-state index contributed by atoms with van der Waals surface area (Å²) in [6, 6.07) is 50.6. The maximum atomic E-state index is 7.23. The van der Waals surface area contributed by atoms with Crippen LogP contribution in [0.15, 0.2) is 152 Å². The Kier molecular flexibility index (Phi) is 13.2. The van der Waals surface area contributed by atoms with Gasteiger partial charge in [-0.25, -0.2) is 0 Å². The van der Waals surface area contributed by atoms with Gasteiger partial charge in [0.05, 0.1) is 33.0 Å². The lowest BCUT2D eigenvalue weighted by atomic mass is 9.88. The van der Waals surface area contributed by atoms with E-state index in [1.54, 1.807) is 0 Å². The summed E-state index contributed by atoms with van der Waals surface area (Å²) in [5.74, 6) is -0.493. The van der Waals surface area contributed by atoms with E-state index in [0.29, 0.717) is 38.6 Å². The van der Waals surface area contributed by atoms with Crippen molar-refractivity contribution in [3.63, 3.8) is 0 Å². The van der Waals surface area contributed by atoms with Gasteiger partial charge < -0.3 is 28.4 Å². The molecule has 5 aromatic carbocycles. The number of unbranched alkanes of at least 4 members (excludes halogenated alkanes) is 1. The molecule has 0 saturated carbocycles. The van der Waals surface area contributed by atoms with Crippen LogP contribution in [0.25, 0.3) is 0 Å². The number of rotatable bonds is 18. The highest BCUT2D eigenvalue weighted by atomic mass is 16.7. The summed E-state index contributed by atoms with van der Waals surface area (Å²) in [7, 11) is 0. The zero-order valence-electron chi connectivity index (χ0n) is 28.8. The monoisotopic (exact) mass is 672 g/mol. The Morgan fingerprint density at radius 2 is 0.960 bits per heavy atom. The van der Waals surface area contributed by atoms with Crippen LogP contribution in [0.5, 0.6) is 5.75 Å². The molecular formula is C44H48O6. The summed E-state index contributed by atoms with van der Waals surface area (Å²) in [5.41, 5.74) is 4.25. The minimum atomic E-state index is -1.19. The largest absolute Gasteiger partial charge is 0.459 e. The van der Waals surface area contributed by atoms with Gasteiger partial charge in [0, 0.05) is 6.42 Å². The van der Waals surface area contributed by atoms with Gasteiger partial charge in [0.1, 0.15) is 24.1 Å². The molecule has 5 aromatic rings. The lowest BCUT2D eigenvalue weighted by Crippen LogP contribution is -2.69. The summed E-state index contributed by atoms with van der Waals surface area (Å²) >= 11 is 0. The molecule has 0 spiro atoms. The first-order valence-corrected chi connectivity index (χ1v) is 17.7. The fraction of sp³-hybridized carbons (Fsp3) is 0.318. The van der Waals surface area contributed by atoms with Crippen LogP contribution in [0, 0.1) is 0 Å². The van der Waals surface area contributed by atoms with Crippen molar-refractivity contribution in [2.75, 3.05) is 6.61 Å². The molecule has 260 valence electrons. The molecule has 6 heteroatoms. The Morgan fingerprint density at radius 3 is 1.46 bits per heavy atom. The van der Waals surface area contributed by atoms with Gasteiger partial charge in [0.15, 0.2) is 6.10 Å². The van der Waals surface area contributed by atoms with Gasteiger partial charge in [-0.1, -0.05) is 153 Å². The lowest BCUT2D eigenvalue weighted by Gasteiger charge is -2.52. The summed E-state index contributed by atoms with van der Waals surface area (Å²) in [6.45, 7) is 3.99. The van der Waals surface area contributed by atoms with E-state index in [4.69, 9.17) is 28.4 Å². The standard InChI is InChI=1S/C44H48O6/c1-2-3-29-44(49-39-27-17-8-18-28-39)43(48-33-38-25-15-7-16-26-38)42(47-32-37-23-13-6-14-24-37)41(46-31-36-21-11-5-12-22-36)40(50-44)34-45-30-35-19-9-4-10-20-35/h4-28,40-43H,2-3,29-34H2,1H3/t40-,41-,42+,43-,44+/m1/s1. The maximum Gasteiger partial charge on any atom is 0.240 e. The van der Waals surface area contributed by atoms with E-state index >= 15 is 0 Å². The van der Waals surface area contributed by atoms with E-state index in [0.717, 1.165) is 35.1 Å². The third kappa shape index (κ3) is 9.90. The number of ether oxygens (including phenoxy) is 6. The van der Waals surface area contributed by atoms with Crippen LogP contribution < -0.4 is 4.74 Å². The van der Waals surface area contributed by atoms with Crippen molar-refractivity contribution in [2.24, 2.45) is 0 Å². The third-order valence-electron chi connectivity index (χ3n) is 8.92. The predicted molar refractivity (Wildman–Crippen MR) is 195 cm³/mol. The molecule has 0 amide bonds. The molecule has 5 atom stereocenters. The second-order valence-electron chi connectivity index (χ2n) is 12.7. The quantitative estimate of drug-likeness (QED) is 0.0925. The molecule has 0 radical (unpaired) electrons. The Morgan fingerprint density at radius 1 is 0.520 bits per heavy atom.